The Morgan fingerprint density at radius 2 is 2.24 bits per heavy atom. The molecule has 0 aliphatic carbocycles. The highest BCUT2D eigenvalue weighted by molar-refractivity contribution is 5.98. The van der Waals surface area contributed by atoms with Crippen LogP contribution in [0, 0.1) is 11.7 Å². The Morgan fingerprint density at radius 1 is 1.52 bits per heavy atom. The molecule has 6 heteroatoms. The van der Waals surface area contributed by atoms with Crippen LogP contribution >= 0.6 is 0 Å². The number of nitrogens with zero attached hydrogens (tertiary/aromatic N) is 2. The number of carbonyl (C=O) groups is 1. The summed E-state index contributed by atoms with van der Waals surface area (Å²) < 4.78 is 13.4. The van der Waals surface area contributed by atoms with Gasteiger partial charge in [-0.3, -0.25) is 4.79 Å². The number of hydrogen-bond donors (Lipinski definition) is 2. The first-order chi connectivity index (χ1) is 10.2. The van der Waals surface area contributed by atoms with Crippen molar-refractivity contribution in [2.75, 3.05) is 31.6 Å². The molecule has 5 nitrogen and oxygen atoms in total. The van der Waals surface area contributed by atoms with Gasteiger partial charge < -0.3 is 15.3 Å². The monoisotopic (exact) mass is 295 g/mol. The number of nitrogens with one attached hydrogen (secondary N) is 1. The van der Waals surface area contributed by atoms with Crippen molar-refractivity contribution in [2.24, 2.45) is 5.92 Å². The van der Waals surface area contributed by atoms with Gasteiger partial charge in [0.15, 0.2) is 0 Å². The number of rotatable bonds is 5. The molecule has 21 heavy (non-hydrogen) atoms. The van der Waals surface area contributed by atoms with E-state index in [1.165, 1.54) is 6.07 Å². The standard InChI is InChI=1S/C15H22FN3O2/c1-2-5-17-14-13(8-12(16)9-18-14)15(21)19-6-3-11(10-20)4-7-19/h8-9,11,20H,2-7,10H2,1H3,(H,17,18). The topological polar surface area (TPSA) is 65.5 Å². The minimum atomic E-state index is -0.509. The van der Waals surface area contributed by atoms with Crippen molar-refractivity contribution in [3.63, 3.8) is 0 Å². The average molecular weight is 295 g/mol. The Kier molecular flexibility index (Phi) is 5.50. The Labute approximate surface area is 124 Å². The van der Waals surface area contributed by atoms with Crippen molar-refractivity contribution in [3.05, 3.63) is 23.6 Å². The van der Waals surface area contributed by atoms with E-state index < -0.39 is 5.82 Å². The van der Waals surface area contributed by atoms with Crippen molar-refractivity contribution >= 4 is 11.7 Å². The quantitative estimate of drug-likeness (QED) is 0.870. The Bertz CT molecular complexity index is 488. The molecule has 0 unspecified atom stereocenters. The Morgan fingerprint density at radius 3 is 2.86 bits per heavy atom. The first-order valence-electron chi connectivity index (χ1n) is 7.45. The molecule has 1 fully saturated rings. The van der Waals surface area contributed by atoms with E-state index >= 15 is 0 Å². The summed E-state index contributed by atoms with van der Waals surface area (Å²) in [4.78, 5) is 18.2. The average Bonchev–Trinajstić information content (AvgIpc) is 2.53. The van der Waals surface area contributed by atoms with Gasteiger partial charge in [-0.1, -0.05) is 6.92 Å². The van der Waals surface area contributed by atoms with Crippen molar-refractivity contribution in [3.8, 4) is 0 Å². The predicted octanol–water partition coefficient (Wildman–Crippen LogP) is 1.89. The van der Waals surface area contributed by atoms with Gasteiger partial charge in [0.2, 0.25) is 0 Å². The summed E-state index contributed by atoms with van der Waals surface area (Å²) in [6.07, 6.45) is 3.58. The zero-order valence-electron chi connectivity index (χ0n) is 12.3. The highest BCUT2D eigenvalue weighted by Crippen LogP contribution is 2.21. The van der Waals surface area contributed by atoms with Gasteiger partial charge in [-0.25, -0.2) is 9.37 Å². The number of aliphatic hydroxyl groups excluding tert-OH is 1. The molecule has 0 spiro atoms. The normalized spacial score (nSPS) is 16.0. The van der Waals surface area contributed by atoms with Gasteiger partial charge in [0, 0.05) is 26.2 Å². The van der Waals surface area contributed by atoms with Crippen molar-refractivity contribution in [1.29, 1.82) is 0 Å². The molecule has 1 aromatic rings. The number of aliphatic hydroxyl groups is 1. The fourth-order valence-corrected chi connectivity index (χ4v) is 2.48. The van der Waals surface area contributed by atoms with Crippen LogP contribution in [0.25, 0.3) is 0 Å². The summed E-state index contributed by atoms with van der Waals surface area (Å²) in [6.45, 7) is 4.04. The maximum atomic E-state index is 13.4. The molecule has 2 heterocycles. The Balaban J connectivity index is 2.12. The molecule has 0 saturated carbocycles. The second kappa shape index (κ2) is 7.36. The van der Waals surface area contributed by atoms with Gasteiger partial charge in [-0.2, -0.15) is 0 Å². The maximum Gasteiger partial charge on any atom is 0.257 e. The molecule has 2 N–H and O–H groups in total. The number of hydrogen-bond acceptors (Lipinski definition) is 4. The molecular weight excluding hydrogens is 273 g/mol. The third-order valence-corrected chi connectivity index (χ3v) is 3.79. The van der Waals surface area contributed by atoms with E-state index in [1.54, 1.807) is 4.90 Å². The molecule has 1 aliphatic heterocycles. The number of pyridine rings is 1. The number of anilines is 1. The summed E-state index contributed by atoms with van der Waals surface area (Å²) in [5.41, 5.74) is 0.283. The van der Waals surface area contributed by atoms with Crippen LogP contribution < -0.4 is 5.32 Å². The largest absolute Gasteiger partial charge is 0.396 e. The summed E-state index contributed by atoms with van der Waals surface area (Å²) in [6, 6.07) is 1.24. The number of piperidine rings is 1. The number of carbonyl (C=O) groups excluding carboxylic acids is 1. The number of likely N-dealkylation sites (tertiary alicyclic amines) is 1. The molecular formula is C15H22FN3O2. The first kappa shape index (κ1) is 15.7. The highest BCUT2D eigenvalue weighted by Gasteiger charge is 2.25. The lowest BCUT2D eigenvalue weighted by Gasteiger charge is -2.31. The van der Waals surface area contributed by atoms with Crippen LogP contribution in [-0.4, -0.2) is 47.1 Å². The molecule has 116 valence electrons. The van der Waals surface area contributed by atoms with Crippen LogP contribution in [0.4, 0.5) is 10.2 Å². The zero-order chi connectivity index (χ0) is 15.2. The van der Waals surface area contributed by atoms with Gasteiger partial charge >= 0.3 is 0 Å². The third-order valence-electron chi connectivity index (χ3n) is 3.79. The van der Waals surface area contributed by atoms with Gasteiger partial charge in [0.05, 0.1) is 11.8 Å². The SMILES string of the molecule is CCCNc1ncc(F)cc1C(=O)N1CCC(CO)CC1. The smallest absolute Gasteiger partial charge is 0.257 e. The van der Waals surface area contributed by atoms with Gasteiger partial charge in [-0.05, 0) is 31.2 Å². The maximum absolute atomic E-state index is 13.4. The molecule has 0 bridgehead atoms. The lowest BCUT2D eigenvalue weighted by atomic mass is 9.97. The fraction of sp³-hybridized carbons (Fsp3) is 0.600. The fourth-order valence-electron chi connectivity index (χ4n) is 2.48. The van der Waals surface area contributed by atoms with E-state index in [0.29, 0.717) is 25.5 Å². The molecule has 1 aromatic heterocycles. The van der Waals surface area contributed by atoms with Gasteiger partial charge in [0.25, 0.3) is 5.91 Å². The van der Waals surface area contributed by atoms with E-state index in [2.05, 4.69) is 10.3 Å². The van der Waals surface area contributed by atoms with E-state index in [1.807, 2.05) is 6.92 Å². The molecule has 0 radical (unpaired) electrons. The van der Waals surface area contributed by atoms with E-state index in [-0.39, 0.29) is 24.0 Å². The molecule has 1 amide bonds. The van der Waals surface area contributed by atoms with Crippen molar-refractivity contribution in [2.45, 2.75) is 26.2 Å². The second-order valence-corrected chi connectivity index (χ2v) is 5.39. The number of amides is 1. The third kappa shape index (κ3) is 3.91. The minimum Gasteiger partial charge on any atom is -0.396 e. The summed E-state index contributed by atoms with van der Waals surface area (Å²) in [5, 5.41) is 12.2. The molecule has 1 aliphatic rings. The van der Waals surface area contributed by atoms with E-state index in [9.17, 15) is 9.18 Å². The van der Waals surface area contributed by atoms with Gasteiger partial charge in [-0.15, -0.1) is 0 Å². The van der Waals surface area contributed by atoms with Crippen LogP contribution in [0.15, 0.2) is 12.3 Å². The lowest BCUT2D eigenvalue weighted by Crippen LogP contribution is -2.39. The Hall–Kier alpha value is -1.69. The zero-order valence-corrected chi connectivity index (χ0v) is 12.3. The van der Waals surface area contributed by atoms with Crippen LogP contribution in [-0.2, 0) is 0 Å². The molecule has 0 atom stereocenters. The molecule has 2 rings (SSSR count). The van der Waals surface area contributed by atoms with E-state index in [0.717, 1.165) is 25.5 Å². The molecule has 0 aromatic carbocycles. The minimum absolute atomic E-state index is 0.160. The van der Waals surface area contributed by atoms with E-state index in [4.69, 9.17) is 5.11 Å². The lowest BCUT2D eigenvalue weighted by molar-refractivity contribution is 0.0651. The summed E-state index contributed by atoms with van der Waals surface area (Å²) in [5.74, 6) is -0.00691. The van der Waals surface area contributed by atoms with Crippen LogP contribution in [0.3, 0.4) is 0 Å². The van der Waals surface area contributed by atoms with Crippen LogP contribution in [0.5, 0.6) is 0 Å². The number of halogens is 1. The number of aromatic nitrogens is 1. The predicted molar refractivity (Wildman–Crippen MR) is 78.7 cm³/mol. The highest BCUT2D eigenvalue weighted by atomic mass is 19.1. The van der Waals surface area contributed by atoms with Gasteiger partial charge in [0.1, 0.15) is 11.6 Å². The van der Waals surface area contributed by atoms with Crippen LogP contribution in [0.2, 0.25) is 0 Å². The summed E-state index contributed by atoms with van der Waals surface area (Å²) >= 11 is 0. The van der Waals surface area contributed by atoms with Crippen molar-refractivity contribution < 1.29 is 14.3 Å². The van der Waals surface area contributed by atoms with Crippen LogP contribution in [0.1, 0.15) is 36.5 Å². The summed E-state index contributed by atoms with van der Waals surface area (Å²) in [7, 11) is 0. The molecule has 1 saturated heterocycles. The second-order valence-electron chi connectivity index (χ2n) is 5.39. The first-order valence-corrected chi connectivity index (χ1v) is 7.45. The van der Waals surface area contributed by atoms with Crippen molar-refractivity contribution in [1.82, 2.24) is 9.88 Å².